The molecule has 1 unspecified atom stereocenters. The topological polar surface area (TPSA) is 39.2 Å². The summed E-state index contributed by atoms with van der Waals surface area (Å²) in [6.45, 7) is 0. The van der Waals surface area contributed by atoms with Crippen LogP contribution in [-0.4, -0.2) is 0 Å². The fourth-order valence-electron chi connectivity index (χ4n) is 1.69. The predicted molar refractivity (Wildman–Crippen MR) is 60.8 cm³/mol. The van der Waals surface area contributed by atoms with E-state index in [0.29, 0.717) is 12.2 Å². The molecule has 1 aromatic carbocycles. The molecule has 0 aliphatic heterocycles. The largest absolute Gasteiger partial charge is 0.468 e. The van der Waals surface area contributed by atoms with Gasteiger partial charge in [-0.3, -0.25) is 0 Å². The molecule has 0 aliphatic carbocycles. The highest BCUT2D eigenvalue weighted by atomic mass is 19.4. The van der Waals surface area contributed by atoms with Crippen molar-refractivity contribution in [2.45, 2.75) is 18.6 Å². The Morgan fingerprint density at radius 2 is 1.78 bits per heavy atom. The number of benzene rings is 1. The smallest absolute Gasteiger partial charge is 0.416 e. The van der Waals surface area contributed by atoms with Crippen molar-refractivity contribution >= 4 is 0 Å². The minimum Gasteiger partial charge on any atom is -0.468 e. The van der Waals surface area contributed by atoms with E-state index in [2.05, 4.69) is 0 Å². The van der Waals surface area contributed by atoms with Crippen LogP contribution in [0, 0.1) is 0 Å². The normalized spacial score (nSPS) is 13.6. The minimum atomic E-state index is -4.30. The van der Waals surface area contributed by atoms with Crippen molar-refractivity contribution in [2.75, 3.05) is 0 Å². The third-order valence-electron chi connectivity index (χ3n) is 2.65. The number of alkyl halides is 3. The van der Waals surface area contributed by atoms with Crippen molar-refractivity contribution in [2.24, 2.45) is 5.73 Å². The Labute approximate surface area is 102 Å². The highest BCUT2D eigenvalue weighted by Crippen LogP contribution is 2.29. The van der Waals surface area contributed by atoms with Crippen molar-refractivity contribution in [3.63, 3.8) is 0 Å². The van der Waals surface area contributed by atoms with Gasteiger partial charge in [-0.1, -0.05) is 12.1 Å². The maximum atomic E-state index is 12.4. The summed E-state index contributed by atoms with van der Waals surface area (Å²) in [5, 5.41) is 0. The third kappa shape index (κ3) is 2.92. The molecule has 2 aromatic rings. The van der Waals surface area contributed by atoms with E-state index in [1.54, 1.807) is 12.1 Å². The van der Waals surface area contributed by atoms with Gasteiger partial charge in [0.15, 0.2) is 0 Å². The zero-order chi connectivity index (χ0) is 13.2. The maximum Gasteiger partial charge on any atom is 0.416 e. The summed E-state index contributed by atoms with van der Waals surface area (Å²) in [6.07, 6.45) is -2.35. The second-order valence-corrected chi connectivity index (χ2v) is 4.02. The molecular formula is C13H12F3NO. The van der Waals surface area contributed by atoms with Crippen LogP contribution >= 0.6 is 0 Å². The molecule has 5 heteroatoms. The summed E-state index contributed by atoms with van der Waals surface area (Å²) in [6, 6.07) is 8.11. The molecule has 96 valence electrons. The van der Waals surface area contributed by atoms with E-state index in [1.165, 1.54) is 18.4 Å². The zero-order valence-corrected chi connectivity index (χ0v) is 9.45. The Bertz CT molecular complexity index is 488. The Hall–Kier alpha value is -1.75. The van der Waals surface area contributed by atoms with Gasteiger partial charge in [0.2, 0.25) is 0 Å². The van der Waals surface area contributed by atoms with Crippen molar-refractivity contribution in [1.29, 1.82) is 0 Å². The number of furan rings is 1. The van der Waals surface area contributed by atoms with Crippen molar-refractivity contribution in [3.8, 4) is 0 Å². The van der Waals surface area contributed by atoms with E-state index in [0.717, 1.165) is 17.7 Å². The quantitative estimate of drug-likeness (QED) is 0.911. The Morgan fingerprint density at radius 1 is 1.11 bits per heavy atom. The third-order valence-corrected chi connectivity index (χ3v) is 2.65. The van der Waals surface area contributed by atoms with Gasteiger partial charge >= 0.3 is 6.18 Å². The molecule has 2 N–H and O–H groups in total. The van der Waals surface area contributed by atoms with Crippen molar-refractivity contribution in [3.05, 3.63) is 59.5 Å². The Morgan fingerprint density at radius 3 is 2.28 bits per heavy atom. The van der Waals surface area contributed by atoms with Crippen molar-refractivity contribution in [1.82, 2.24) is 0 Å². The highest BCUT2D eigenvalue weighted by molar-refractivity contribution is 5.25. The van der Waals surface area contributed by atoms with E-state index in [4.69, 9.17) is 10.2 Å². The summed E-state index contributed by atoms with van der Waals surface area (Å²) in [7, 11) is 0. The fourth-order valence-corrected chi connectivity index (χ4v) is 1.69. The molecule has 18 heavy (non-hydrogen) atoms. The van der Waals surface area contributed by atoms with Crippen LogP contribution in [0.3, 0.4) is 0 Å². The lowest BCUT2D eigenvalue weighted by atomic mass is 10.0. The lowest BCUT2D eigenvalue weighted by Gasteiger charge is -2.10. The summed E-state index contributed by atoms with van der Waals surface area (Å²) < 4.78 is 42.2. The van der Waals surface area contributed by atoms with E-state index in [1.807, 2.05) is 0 Å². The predicted octanol–water partition coefficient (Wildman–Crippen LogP) is 3.54. The summed E-state index contributed by atoms with van der Waals surface area (Å²) in [4.78, 5) is 0. The van der Waals surface area contributed by atoms with E-state index in [-0.39, 0.29) is 6.04 Å². The SMILES string of the molecule is NC(Cc1ccc(C(F)(F)F)cc1)c1ccco1. The second-order valence-electron chi connectivity index (χ2n) is 4.02. The molecular weight excluding hydrogens is 243 g/mol. The first kappa shape index (κ1) is 12.7. The first-order valence-corrected chi connectivity index (χ1v) is 5.42. The molecule has 1 atom stereocenters. The summed E-state index contributed by atoms with van der Waals surface area (Å²) in [5.74, 6) is 0.620. The Kier molecular flexibility index (Phi) is 3.43. The van der Waals surface area contributed by atoms with Crippen LogP contribution in [-0.2, 0) is 12.6 Å². The van der Waals surface area contributed by atoms with Gasteiger partial charge in [0.05, 0.1) is 17.9 Å². The van der Waals surface area contributed by atoms with E-state index < -0.39 is 11.7 Å². The van der Waals surface area contributed by atoms with Gasteiger partial charge in [-0.25, -0.2) is 0 Å². The van der Waals surface area contributed by atoms with Gasteiger partial charge in [-0.2, -0.15) is 13.2 Å². The zero-order valence-electron chi connectivity index (χ0n) is 9.45. The van der Waals surface area contributed by atoms with Crippen LogP contribution in [0.5, 0.6) is 0 Å². The first-order valence-electron chi connectivity index (χ1n) is 5.42. The van der Waals surface area contributed by atoms with Crippen LogP contribution in [0.4, 0.5) is 13.2 Å². The van der Waals surface area contributed by atoms with Crippen LogP contribution in [0.2, 0.25) is 0 Å². The van der Waals surface area contributed by atoms with Gasteiger partial charge in [0.1, 0.15) is 5.76 Å². The highest BCUT2D eigenvalue weighted by Gasteiger charge is 2.29. The lowest BCUT2D eigenvalue weighted by molar-refractivity contribution is -0.137. The summed E-state index contributed by atoms with van der Waals surface area (Å²) >= 11 is 0. The van der Waals surface area contributed by atoms with E-state index in [9.17, 15) is 13.2 Å². The molecule has 2 rings (SSSR count). The van der Waals surface area contributed by atoms with E-state index >= 15 is 0 Å². The number of rotatable bonds is 3. The average molecular weight is 255 g/mol. The Balaban J connectivity index is 2.07. The fraction of sp³-hybridized carbons (Fsp3) is 0.231. The van der Waals surface area contributed by atoms with Gasteiger partial charge in [0.25, 0.3) is 0 Å². The number of halogens is 3. The molecule has 0 amide bonds. The molecule has 0 radical (unpaired) electrons. The monoisotopic (exact) mass is 255 g/mol. The standard InChI is InChI=1S/C13H12F3NO/c14-13(15,16)10-5-3-9(4-6-10)8-11(17)12-2-1-7-18-12/h1-7,11H,8,17H2. The van der Waals surface area contributed by atoms with Crippen molar-refractivity contribution < 1.29 is 17.6 Å². The van der Waals surface area contributed by atoms with Gasteiger partial charge in [0, 0.05) is 0 Å². The molecule has 1 heterocycles. The van der Waals surface area contributed by atoms with Gasteiger partial charge < -0.3 is 10.2 Å². The van der Waals surface area contributed by atoms with Gasteiger partial charge in [-0.05, 0) is 36.2 Å². The molecule has 2 nitrogen and oxygen atoms in total. The van der Waals surface area contributed by atoms with Crippen LogP contribution < -0.4 is 5.73 Å². The van der Waals surface area contributed by atoms with Crippen LogP contribution in [0.1, 0.15) is 22.9 Å². The number of hydrogen-bond acceptors (Lipinski definition) is 2. The van der Waals surface area contributed by atoms with Crippen LogP contribution in [0.15, 0.2) is 47.1 Å². The molecule has 0 bridgehead atoms. The molecule has 0 aliphatic rings. The minimum absolute atomic E-state index is 0.350. The van der Waals surface area contributed by atoms with Crippen LogP contribution in [0.25, 0.3) is 0 Å². The maximum absolute atomic E-state index is 12.4. The number of hydrogen-bond donors (Lipinski definition) is 1. The number of nitrogens with two attached hydrogens (primary N) is 1. The lowest BCUT2D eigenvalue weighted by Crippen LogP contribution is -2.12. The average Bonchev–Trinajstić information content (AvgIpc) is 2.82. The molecule has 0 spiro atoms. The first-order chi connectivity index (χ1) is 8.47. The molecule has 0 saturated carbocycles. The summed E-state index contributed by atoms with van der Waals surface area (Å²) in [5.41, 5.74) is 5.97. The van der Waals surface area contributed by atoms with Gasteiger partial charge in [-0.15, -0.1) is 0 Å². The molecule has 0 saturated heterocycles. The second kappa shape index (κ2) is 4.86. The molecule has 0 fully saturated rings. The molecule has 1 aromatic heterocycles.